The molecule has 8 heteroatoms. The fraction of sp³-hybridized carbons (Fsp3) is 0.154. The van der Waals surface area contributed by atoms with E-state index in [0.717, 1.165) is 4.90 Å². The Morgan fingerprint density at radius 2 is 1.50 bits per heavy atom. The number of rotatable bonds is 7. The summed E-state index contributed by atoms with van der Waals surface area (Å²) >= 11 is 0. The van der Waals surface area contributed by atoms with Crippen molar-refractivity contribution in [3.63, 3.8) is 0 Å². The minimum Gasteiger partial charge on any atom is -0.352 e. The van der Waals surface area contributed by atoms with Crippen LogP contribution >= 0.6 is 0 Å². The number of nitrogens with one attached hydrogen (secondary N) is 3. The number of nitrogens with zero attached hydrogens (tertiary/aromatic N) is 1. The van der Waals surface area contributed by atoms with Gasteiger partial charge < -0.3 is 16.0 Å². The summed E-state index contributed by atoms with van der Waals surface area (Å²) < 4.78 is 0. The van der Waals surface area contributed by atoms with E-state index in [1.165, 1.54) is 6.07 Å². The monoisotopic (exact) mass is 456 g/mol. The quantitative estimate of drug-likeness (QED) is 0.475. The van der Waals surface area contributed by atoms with Gasteiger partial charge in [-0.05, 0) is 36.2 Å². The number of hydrogen-bond acceptors (Lipinski definition) is 4. The summed E-state index contributed by atoms with van der Waals surface area (Å²) in [6, 6.07) is 23.6. The zero-order chi connectivity index (χ0) is 24.1. The van der Waals surface area contributed by atoms with E-state index < -0.39 is 29.9 Å². The molecule has 5 amide bonds. The Morgan fingerprint density at radius 3 is 2.09 bits per heavy atom. The van der Waals surface area contributed by atoms with Crippen LogP contribution in [0, 0.1) is 0 Å². The molecule has 8 nitrogen and oxygen atoms in total. The van der Waals surface area contributed by atoms with E-state index in [-0.39, 0.29) is 5.91 Å². The second-order valence-electron chi connectivity index (χ2n) is 7.79. The molecule has 172 valence electrons. The molecule has 1 aliphatic rings. The van der Waals surface area contributed by atoms with E-state index in [1.54, 1.807) is 66.7 Å². The van der Waals surface area contributed by atoms with Gasteiger partial charge in [0.25, 0.3) is 11.8 Å². The van der Waals surface area contributed by atoms with Gasteiger partial charge >= 0.3 is 6.03 Å². The molecule has 4 rings (SSSR count). The third kappa shape index (κ3) is 4.25. The first-order valence-electron chi connectivity index (χ1n) is 10.9. The zero-order valence-corrected chi connectivity index (χ0v) is 18.6. The molecule has 34 heavy (non-hydrogen) atoms. The Labute approximate surface area is 197 Å². The highest BCUT2D eigenvalue weighted by Gasteiger charge is 2.54. The number of anilines is 1. The highest BCUT2D eigenvalue weighted by atomic mass is 16.2. The summed E-state index contributed by atoms with van der Waals surface area (Å²) in [7, 11) is 0. The molecule has 0 radical (unpaired) electrons. The van der Waals surface area contributed by atoms with Crippen molar-refractivity contribution >= 4 is 29.4 Å². The SMILES string of the molecule is CCNC(=O)c1cccc(NC(=O)CN2C(=O)NC(c3ccccc3)(c3ccccc3)C2=O)c1. The van der Waals surface area contributed by atoms with Crippen LogP contribution in [0.2, 0.25) is 0 Å². The molecule has 0 bridgehead atoms. The maximum absolute atomic E-state index is 13.7. The number of amides is 5. The van der Waals surface area contributed by atoms with Crippen molar-refractivity contribution in [1.29, 1.82) is 0 Å². The molecule has 1 fully saturated rings. The van der Waals surface area contributed by atoms with Crippen LogP contribution in [0.1, 0.15) is 28.4 Å². The lowest BCUT2D eigenvalue weighted by Gasteiger charge is -2.28. The lowest BCUT2D eigenvalue weighted by molar-refractivity contribution is -0.133. The largest absolute Gasteiger partial charge is 0.352 e. The summed E-state index contributed by atoms with van der Waals surface area (Å²) in [4.78, 5) is 52.3. The van der Waals surface area contributed by atoms with Gasteiger partial charge in [0.2, 0.25) is 5.91 Å². The molecule has 1 heterocycles. The first kappa shape index (κ1) is 22.7. The van der Waals surface area contributed by atoms with E-state index in [9.17, 15) is 19.2 Å². The average Bonchev–Trinajstić information content (AvgIpc) is 3.11. The molecule has 3 aromatic rings. The minimum absolute atomic E-state index is 0.261. The number of carbonyl (C=O) groups is 4. The molecular weight excluding hydrogens is 432 g/mol. The van der Waals surface area contributed by atoms with Crippen molar-refractivity contribution in [2.45, 2.75) is 12.5 Å². The van der Waals surface area contributed by atoms with E-state index >= 15 is 0 Å². The Hall–Kier alpha value is -4.46. The van der Waals surface area contributed by atoms with Crippen molar-refractivity contribution in [3.8, 4) is 0 Å². The molecule has 0 atom stereocenters. The number of carbonyl (C=O) groups excluding carboxylic acids is 4. The van der Waals surface area contributed by atoms with E-state index in [1.807, 2.05) is 19.1 Å². The highest BCUT2D eigenvalue weighted by Crippen LogP contribution is 2.35. The van der Waals surface area contributed by atoms with Crippen molar-refractivity contribution in [2.24, 2.45) is 0 Å². The molecule has 0 unspecified atom stereocenters. The first-order chi connectivity index (χ1) is 16.5. The Morgan fingerprint density at radius 1 is 0.882 bits per heavy atom. The summed E-state index contributed by atoms with van der Waals surface area (Å²) in [5.74, 6) is -1.36. The maximum Gasteiger partial charge on any atom is 0.326 e. The molecule has 3 N–H and O–H groups in total. The molecular formula is C26H24N4O4. The topological polar surface area (TPSA) is 108 Å². The van der Waals surface area contributed by atoms with Gasteiger partial charge in [-0.1, -0.05) is 66.7 Å². The Bertz CT molecular complexity index is 1190. The molecule has 0 saturated carbocycles. The van der Waals surface area contributed by atoms with Crippen molar-refractivity contribution < 1.29 is 19.2 Å². The van der Waals surface area contributed by atoms with Gasteiger partial charge in [0.1, 0.15) is 6.54 Å². The number of benzene rings is 3. The van der Waals surface area contributed by atoms with Crippen LogP contribution in [0.5, 0.6) is 0 Å². The van der Waals surface area contributed by atoms with Crippen LogP contribution in [-0.2, 0) is 15.1 Å². The van der Waals surface area contributed by atoms with Crippen molar-refractivity contribution in [3.05, 3.63) is 102 Å². The first-order valence-corrected chi connectivity index (χ1v) is 10.9. The predicted octanol–water partition coefficient (Wildman–Crippen LogP) is 2.87. The van der Waals surface area contributed by atoms with Crippen LogP contribution in [-0.4, -0.2) is 41.7 Å². The molecule has 0 aliphatic carbocycles. The van der Waals surface area contributed by atoms with Crippen LogP contribution < -0.4 is 16.0 Å². The summed E-state index contributed by atoms with van der Waals surface area (Å²) in [6.45, 7) is 1.82. The Kier molecular flexibility index (Phi) is 6.40. The number of imide groups is 1. The van der Waals surface area contributed by atoms with Gasteiger partial charge in [0.15, 0.2) is 5.54 Å². The molecule has 0 aromatic heterocycles. The minimum atomic E-state index is -1.43. The van der Waals surface area contributed by atoms with Crippen molar-refractivity contribution in [2.75, 3.05) is 18.4 Å². The number of urea groups is 1. The van der Waals surface area contributed by atoms with Crippen LogP contribution in [0.3, 0.4) is 0 Å². The maximum atomic E-state index is 13.7. The Balaban J connectivity index is 1.57. The van der Waals surface area contributed by atoms with Gasteiger partial charge in [-0.3, -0.25) is 19.3 Å². The molecule has 0 spiro atoms. The third-order valence-corrected chi connectivity index (χ3v) is 5.57. The van der Waals surface area contributed by atoms with Crippen LogP contribution in [0.15, 0.2) is 84.9 Å². The summed E-state index contributed by atoms with van der Waals surface area (Å²) in [5, 5.41) is 8.17. The summed E-state index contributed by atoms with van der Waals surface area (Å²) in [6.07, 6.45) is 0. The second-order valence-corrected chi connectivity index (χ2v) is 7.79. The third-order valence-electron chi connectivity index (χ3n) is 5.57. The van der Waals surface area contributed by atoms with Crippen LogP contribution in [0.4, 0.5) is 10.5 Å². The summed E-state index contributed by atoms with van der Waals surface area (Å²) in [5.41, 5.74) is 0.534. The highest BCUT2D eigenvalue weighted by molar-refractivity contribution is 6.12. The van der Waals surface area contributed by atoms with Gasteiger partial charge in [-0.15, -0.1) is 0 Å². The van der Waals surface area contributed by atoms with E-state index in [0.29, 0.717) is 28.9 Å². The molecule has 1 aliphatic heterocycles. The fourth-order valence-electron chi connectivity index (χ4n) is 4.00. The van der Waals surface area contributed by atoms with Crippen molar-refractivity contribution in [1.82, 2.24) is 15.5 Å². The fourth-order valence-corrected chi connectivity index (χ4v) is 4.00. The average molecular weight is 457 g/mol. The molecule has 3 aromatic carbocycles. The predicted molar refractivity (Wildman–Crippen MR) is 127 cm³/mol. The van der Waals surface area contributed by atoms with E-state index in [2.05, 4.69) is 16.0 Å². The van der Waals surface area contributed by atoms with Gasteiger partial charge in [-0.25, -0.2) is 4.79 Å². The second kappa shape index (κ2) is 9.58. The smallest absolute Gasteiger partial charge is 0.326 e. The lowest BCUT2D eigenvalue weighted by atomic mass is 9.82. The standard InChI is InChI=1S/C26H24N4O4/c1-2-27-23(32)18-10-9-15-21(16-18)28-22(31)17-30-24(33)26(29-25(30)34,19-11-5-3-6-12-19)20-13-7-4-8-14-20/h3-16H,2,17H2,1H3,(H,27,32)(H,28,31)(H,29,34). The normalized spacial score (nSPS) is 14.4. The molecule has 1 saturated heterocycles. The lowest BCUT2D eigenvalue weighted by Crippen LogP contribution is -2.45. The van der Waals surface area contributed by atoms with Gasteiger partial charge in [0, 0.05) is 17.8 Å². The van der Waals surface area contributed by atoms with Gasteiger partial charge in [-0.2, -0.15) is 0 Å². The van der Waals surface area contributed by atoms with Crippen LogP contribution in [0.25, 0.3) is 0 Å². The number of hydrogen-bond donors (Lipinski definition) is 3. The van der Waals surface area contributed by atoms with E-state index in [4.69, 9.17) is 0 Å². The van der Waals surface area contributed by atoms with Gasteiger partial charge in [0.05, 0.1) is 0 Å². The zero-order valence-electron chi connectivity index (χ0n) is 18.6.